The lowest BCUT2D eigenvalue weighted by molar-refractivity contribution is 0.127. The molecule has 0 aromatic heterocycles. The topological polar surface area (TPSA) is 69.3 Å². The lowest BCUT2D eigenvalue weighted by Crippen LogP contribution is -2.39. The second-order valence-electron chi connectivity index (χ2n) is 4.88. The fourth-order valence-corrected chi connectivity index (χ4v) is 2.27. The van der Waals surface area contributed by atoms with Crippen LogP contribution in [0.2, 0.25) is 5.02 Å². The highest BCUT2D eigenvalue weighted by Crippen LogP contribution is 2.38. The van der Waals surface area contributed by atoms with E-state index in [4.69, 9.17) is 30.5 Å². The lowest BCUT2D eigenvalue weighted by Gasteiger charge is -2.24. The van der Waals surface area contributed by atoms with Gasteiger partial charge in [-0.3, -0.25) is 0 Å². The van der Waals surface area contributed by atoms with Gasteiger partial charge in [-0.1, -0.05) is 11.6 Å². The third-order valence-electron chi connectivity index (χ3n) is 3.29. The maximum Gasteiger partial charge on any atom is 0.322 e. The second-order valence-corrected chi connectivity index (χ2v) is 5.29. The Labute approximate surface area is 140 Å². The molecule has 0 bridgehead atoms. The minimum atomic E-state index is -0.280. The maximum absolute atomic E-state index is 12.4. The van der Waals surface area contributed by atoms with Crippen LogP contribution in [0.1, 0.15) is 0 Å². The van der Waals surface area contributed by atoms with Gasteiger partial charge in [-0.25, -0.2) is 4.79 Å². The minimum Gasteiger partial charge on any atom is -0.486 e. The molecule has 0 radical (unpaired) electrons. The van der Waals surface area contributed by atoms with Gasteiger partial charge in [-0.05, 0) is 0 Å². The third kappa shape index (κ3) is 4.89. The van der Waals surface area contributed by atoms with Gasteiger partial charge < -0.3 is 29.2 Å². The number of nitrogens with zero attached hydrogens (tertiary/aromatic N) is 1. The third-order valence-corrected chi connectivity index (χ3v) is 3.60. The van der Waals surface area contributed by atoms with Gasteiger partial charge in [-0.15, -0.1) is 0 Å². The highest BCUT2D eigenvalue weighted by molar-refractivity contribution is 6.34. The van der Waals surface area contributed by atoms with E-state index in [0.29, 0.717) is 61.7 Å². The van der Waals surface area contributed by atoms with Crippen LogP contribution in [0, 0.1) is 0 Å². The Hall–Kier alpha value is -1.70. The summed E-state index contributed by atoms with van der Waals surface area (Å²) in [4.78, 5) is 14.0. The summed E-state index contributed by atoms with van der Waals surface area (Å²) in [5.41, 5.74) is 0.473. The van der Waals surface area contributed by atoms with Crippen molar-refractivity contribution in [3.63, 3.8) is 0 Å². The van der Waals surface area contributed by atoms with E-state index in [0.717, 1.165) is 0 Å². The monoisotopic (exact) mass is 344 g/mol. The Morgan fingerprint density at radius 2 is 1.74 bits per heavy atom. The van der Waals surface area contributed by atoms with Crippen molar-refractivity contribution in [1.29, 1.82) is 0 Å². The van der Waals surface area contributed by atoms with Gasteiger partial charge in [0.25, 0.3) is 0 Å². The molecule has 0 saturated carbocycles. The minimum absolute atomic E-state index is 0.280. The molecular formula is C15H21ClN2O5. The average molecular weight is 345 g/mol. The number of halogens is 1. The number of urea groups is 1. The number of carbonyl (C=O) groups is 1. The summed E-state index contributed by atoms with van der Waals surface area (Å²) < 4.78 is 21.0. The Kier molecular flexibility index (Phi) is 6.76. The zero-order valence-electron chi connectivity index (χ0n) is 13.3. The molecular weight excluding hydrogens is 324 g/mol. The van der Waals surface area contributed by atoms with E-state index in [9.17, 15) is 4.79 Å². The van der Waals surface area contributed by atoms with E-state index in [1.807, 2.05) is 0 Å². The fourth-order valence-electron chi connectivity index (χ4n) is 2.07. The first-order chi connectivity index (χ1) is 11.2. The molecule has 1 aliphatic heterocycles. The molecule has 1 aliphatic rings. The number of hydrogen-bond donors (Lipinski definition) is 1. The predicted molar refractivity (Wildman–Crippen MR) is 86.8 cm³/mol. The van der Waals surface area contributed by atoms with Crippen molar-refractivity contribution >= 4 is 23.3 Å². The van der Waals surface area contributed by atoms with Gasteiger partial charge in [0.05, 0.1) is 23.9 Å². The number of methoxy groups -OCH3 is 2. The number of anilines is 1. The first kappa shape index (κ1) is 17.7. The number of hydrogen-bond acceptors (Lipinski definition) is 5. The molecule has 0 spiro atoms. The Balaban J connectivity index is 2.07. The molecule has 23 heavy (non-hydrogen) atoms. The van der Waals surface area contributed by atoms with Crippen molar-refractivity contribution in [3.8, 4) is 11.5 Å². The molecule has 8 heteroatoms. The molecule has 1 aromatic rings. The Bertz CT molecular complexity index is 533. The van der Waals surface area contributed by atoms with Crippen molar-refractivity contribution < 1.29 is 23.7 Å². The molecule has 1 aromatic carbocycles. The molecule has 2 rings (SSSR count). The Morgan fingerprint density at radius 1 is 1.17 bits per heavy atom. The van der Waals surface area contributed by atoms with E-state index < -0.39 is 0 Å². The Morgan fingerprint density at radius 3 is 2.30 bits per heavy atom. The van der Waals surface area contributed by atoms with E-state index in [1.165, 1.54) is 0 Å². The number of carbonyl (C=O) groups excluding carboxylic acids is 1. The van der Waals surface area contributed by atoms with Crippen molar-refractivity contribution in [3.05, 3.63) is 17.2 Å². The van der Waals surface area contributed by atoms with Crippen LogP contribution in [-0.4, -0.2) is 64.7 Å². The molecule has 0 atom stereocenters. The second kappa shape index (κ2) is 8.81. The molecule has 0 fully saturated rings. The lowest BCUT2D eigenvalue weighted by atomic mass is 10.2. The maximum atomic E-state index is 12.4. The van der Waals surface area contributed by atoms with Crippen LogP contribution in [0.25, 0.3) is 0 Å². The van der Waals surface area contributed by atoms with Gasteiger partial charge in [0.2, 0.25) is 0 Å². The summed E-state index contributed by atoms with van der Waals surface area (Å²) in [5.74, 6) is 1.14. The van der Waals surface area contributed by atoms with Gasteiger partial charge >= 0.3 is 6.03 Å². The standard InChI is InChI=1S/C15H21ClN2O5/c1-20-5-3-18(4-6-21-2)15(19)17-12-10-14-13(9-11(12)16)22-7-8-23-14/h9-10H,3-8H2,1-2H3,(H,17,19). The van der Waals surface area contributed by atoms with Crippen molar-refractivity contribution in [2.75, 3.05) is 59.1 Å². The normalized spacial score (nSPS) is 12.8. The van der Waals surface area contributed by atoms with E-state index in [1.54, 1.807) is 31.3 Å². The van der Waals surface area contributed by atoms with Crippen LogP contribution in [-0.2, 0) is 9.47 Å². The van der Waals surface area contributed by atoms with Crippen LogP contribution in [0.4, 0.5) is 10.5 Å². The number of nitrogens with one attached hydrogen (secondary N) is 1. The summed E-state index contributed by atoms with van der Waals surface area (Å²) in [7, 11) is 3.17. The SMILES string of the molecule is COCCN(CCOC)C(=O)Nc1cc2c(cc1Cl)OCCO2. The van der Waals surface area contributed by atoms with Crippen molar-refractivity contribution in [2.45, 2.75) is 0 Å². The number of fused-ring (bicyclic) bond motifs is 1. The highest BCUT2D eigenvalue weighted by Gasteiger charge is 2.19. The molecule has 7 nitrogen and oxygen atoms in total. The molecule has 0 unspecified atom stereocenters. The first-order valence-corrected chi connectivity index (χ1v) is 7.66. The van der Waals surface area contributed by atoms with E-state index >= 15 is 0 Å². The quantitative estimate of drug-likeness (QED) is 0.821. The number of amides is 2. The van der Waals surface area contributed by atoms with Gasteiger partial charge in [0, 0.05) is 39.4 Å². The fraction of sp³-hybridized carbons (Fsp3) is 0.533. The largest absolute Gasteiger partial charge is 0.486 e. The zero-order chi connectivity index (χ0) is 16.7. The van der Waals surface area contributed by atoms with Crippen LogP contribution < -0.4 is 14.8 Å². The molecule has 2 amide bonds. The number of rotatable bonds is 7. The smallest absolute Gasteiger partial charge is 0.322 e. The average Bonchev–Trinajstić information content (AvgIpc) is 2.55. The molecule has 0 saturated heterocycles. The van der Waals surface area contributed by atoms with Crippen LogP contribution in [0.15, 0.2) is 12.1 Å². The molecule has 1 N–H and O–H groups in total. The molecule has 1 heterocycles. The van der Waals surface area contributed by atoms with Gasteiger partial charge in [-0.2, -0.15) is 0 Å². The van der Waals surface area contributed by atoms with Gasteiger partial charge in [0.1, 0.15) is 13.2 Å². The summed E-state index contributed by atoms with van der Waals surface area (Å²) in [5, 5.41) is 3.18. The highest BCUT2D eigenvalue weighted by atomic mass is 35.5. The molecule has 128 valence electrons. The van der Waals surface area contributed by atoms with Gasteiger partial charge in [0.15, 0.2) is 11.5 Å². The zero-order valence-corrected chi connectivity index (χ0v) is 14.0. The molecule has 0 aliphatic carbocycles. The van der Waals surface area contributed by atoms with E-state index in [-0.39, 0.29) is 6.03 Å². The first-order valence-electron chi connectivity index (χ1n) is 7.28. The summed E-state index contributed by atoms with van der Waals surface area (Å²) in [6.07, 6.45) is 0. The van der Waals surface area contributed by atoms with E-state index in [2.05, 4.69) is 5.32 Å². The van der Waals surface area contributed by atoms with Crippen LogP contribution >= 0.6 is 11.6 Å². The van der Waals surface area contributed by atoms with Crippen LogP contribution in [0.5, 0.6) is 11.5 Å². The number of benzene rings is 1. The summed E-state index contributed by atoms with van der Waals surface area (Å²) in [6.45, 7) is 2.73. The summed E-state index contributed by atoms with van der Waals surface area (Å²) in [6, 6.07) is 3.03. The van der Waals surface area contributed by atoms with Crippen molar-refractivity contribution in [1.82, 2.24) is 4.90 Å². The predicted octanol–water partition coefficient (Wildman–Crippen LogP) is 2.24. The van der Waals surface area contributed by atoms with Crippen molar-refractivity contribution in [2.24, 2.45) is 0 Å². The number of ether oxygens (including phenoxy) is 4. The van der Waals surface area contributed by atoms with Crippen LogP contribution in [0.3, 0.4) is 0 Å². The summed E-state index contributed by atoms with van der Waals surface area (Å²) >= 11 is 6.20.